The van der Waals surface area contributed by atoms with Crippen molar-refractivity contribution < 1.29 is 4.74 Å². The van der Waals surface area contributed by atoms with E-state index in [4.69, 9.17) is 4.74 Å². The van der Waals surface area contributed by atoms with E-state index in [1.165, 1.54) is 12.8 Å². The van der Waals surface area contributed by atoms with Crippen molar-refractivity contribution in [1.29, 1.82) is 0 Å². The lowest BCUT2D eigenvalue weighted by Gasteiger charge is -2.21. The van der Waals surface area contributed by atoms with Crippen LogP contribution in [0.1, 0.15) is 19.3 Å². The molecule has 0 amide bonds. The Morgan fingerprint density at radius 3 is 3.17 bits per heavy atom. The number of rotatable bonds is 2. The highest BCUT2D eigenvalue weighted by molar-refractivity contribution is 4.69. The first-order chi connectivity index (χ1) is 5.95. The van der Waals surface area contributed by atoms with E-state index < -0.39 is 0 Å². The molecule has 1 saturated heterocycles. The Morgan fingerprint density at radius 2 is 2.50 bits per heavy atom. The van der Waals surface area contributed by atoms with Crippen LogP contribution >= 0.6 is 0 Å². The molecule has 1 aliphatic heterocycles. The summed E-state index contributed by atoms with van der Waals surface area (Å²) >= 11 is 0. The molecule has 0 spiro atoms. The van der Waals surface area contributed by atoms with E-state index in [-0.39, 0.29) is 0 Å². The SMILES string of the molecule is c1cn(CC2CCCCO2)nn1. The van der Waals surface area contributed by atoms with Crippen LogP contribution in [0.5, 0.6) is 0 Å². The Balaban J connectivity index is 1.86. The van der Waals surface area contributed by atoms with Crippen molar-refractivity contribution in [1.82, 2.24) is 15.0 Å². The Morgan fingerprint density at radius 1 is 1.50 bits per heavy atom. The summed E-state index contributed by atoms with van der Waals surface area (Å²) in [5.41, 5.74) is 0. The van der Waals surface area contributed by atoms with Gasteiger partial charge in [0.25, 0.3) is 0 Å². The van der Waals surface area contributed by atoms with E-state index in [9.17, 15) is 0 Å². The first-order valence-electron chi connectivity index (χ1n) is 4.41. The number of ether oxygens (including phenoxy) is 1. The van der Waals surface area contributed by atoms with Gasteiger partial charge >= 0.3 is 0 Å². The summed E-state index contributed by atoms with van der Waals surface area (Å²) in [4.78, 5) is 0. The molecule has 0 aromatic carbocycles. The topological polar surface area (TPSA) is 39.9 Å². The molecule has 4 nitrogen and oxygen atoms in total. The van der Waals surface area contributed by atoms with Crippen LogP contribution in [0, 0.1) is 0 Å². The van der Waals surface area contributed by atoms with Gasteiger partial charge in [-0.3, -0.25) is 0 Å². The predicted molar refractivity (Wildman–Crippen MR) is 43.6 cm³/mol. The van der Waals surface area contributed by atoms with Crippen LogP contribution in [0.3, 0.4) is 0 Å². The van der Waals surface area contributed by atoms with Crippen LogP contribution in [-0.4, -0.2) is 27.7 Å². The normalized spacial score (nSPS) is 24.2. The van der Waals surface area contributed by atoms with Crippen LogP contribution in [-0.2, 0) is 11.3 Å². The van der Waals surface area contributed by atoms with E-state index >= 15 is 0 Å². The zero-order valence-electron chi connectivity index (χ0n) is 7.02. The van der Waals surface area contributed by atoms with Crippen LogP contribution in [0.15, 0.2) is 12.4 Å². The quantitative estimate of drug-likeness (QED) is 0.655. The molecule has 1 aromatic heterocycles. The molecule has 0 saturated carbocycles. The van der Waals surface area contributed by atoms with Crippen LogP contribution in [0.4, 0.5) is 0 Å². The van der Waals surface area contributed by atoms with Crippen molar-refractivity contribution in [2.75, 3.05) is 6.61 Å². The van der Waals surface area contributed by atoms with Gasteiger partial charge in [0, 0.05) is 12.8 Å². The lowest BCUT2D eigenvalue weighted by molar-refractivity contribution is 0.00370. The molecule has 2 heterocycles. The molecule has 0 bridgehead atoms. The van der Waals surface area contributed by atoms with Gasteiger partial charge in [-0.15, -0.1) is 5.10 Å². The van der Waals surface area contributed by atoms with Gasteiger partial charge < -0.3 is 4.74 Å². The molecule has 2 rings (SSSR count). The Hall–Kier alpha value is -0.900. The minimum atomic E-state index is 0.348. The van der Waals surface area contributed by atoms with Crippen molar-refractivity contribution in [3.05, 3.63) is 12.4 Å². The lowest BCUT2D eigenvalue weighted by atomic mass is 10.1. The van der Waals surface area contributed by atoms with E-state index in [0.717, 1.165) is 19.6 Å². The second-order valence-electron chi connectivity index (χ2n) is 3.11. The maximum absolute atomic E-state index is 5.56. The molecule has 1 unspecified atom stereocenters. The summed E-state index contributed by atoms with van der Waals surface area (Å²) in [5.74, 6) is 0. The maximum Gasteiger partial charge on any atom is 0.0771 e. The second kappa shape index (κ2) is 3.67. The predicted octanol–water partition coefficient (Wildman–Crippen LogP) is 0.847. The van der Waals surface area contributed by atoms with Crippen LogP contribution in [0.25, 0.3) is 0 Å². The highest BCUT2D eigenvalue weighted by Crippen LogP contribution is 2.13. The van der Waals surface area contributed by atoms with Crippen molar-refractivity contribution in [3.63, 3.8) is 0 Å². The average molecular weight is 167 g/mol. The van der Waals surface area contributed by atoms with Gasteiger partial charge in [-0.25, -0.2) is 4.68 Å². The lowest BCUT2D eigenvalue weighted by Crippen LogP contribution is -2.24. The molecule has 66 valence electrons. The largest absolute Gasteiger partial charge is 0.376 e. The number of hydrogen-bond donors (Lipinski definition) is 0. The first kappa shape index (κ1) is 7.73. The maximum atomic E-state index is 5.56. The Kier molecular flexibility index (Phi) is 2.36. The minimum Gasteiger partial charge on any atom is -0.376 e. The third-order valence-electron chi connectivity index (χ3n) is 2.14. The van der Waals surface area contributed by atoms with Gasteiger partial charge in [-0.2, -0.15) is 0 Å². The van der Waals surface area contributed by atoms with E-state index in [0.29, 0.717) is 6.10 Å². The molecular formula is C8H13N3O. The summed E-state index contributed by atoms with van der Waals surface area (Å²) in [6.45, 7) is 1.75. The summed E-state index contributed by atoms with van der Waals surface area (Å²) in [6, 6.07) is 0. The summed E-state index contributed by atoms with van der Waals surface area (Å²) in [7, 11) is 0. The molecule has 1 atom stereocenters. The molecule has 1 aliphatic rings. The first-order valence-corrected chi connectivity index (χ1v) is 4.41. The van der Waals surface area contributed by atoms with Gasteiger partial charge in [0.05, 0.1) is 18.8 Å². The highest BCUT2D eigenvalue weighted by atomic mass is 16.5. The molecule has 1 aromatic rings. The van der Waals surface area contributed by atoms with Crippen molar-refractivity contribution in [2.24, 2.45) is 0 Å². The third-order valence-corrected chi connectivity index (χ3v) is 2.14. The van der Waals surface area contributed by atoms with E-state index in [1.807, 2.05) is 10.9 Å². The second-order valence-corrected chi connectivity index (χ2v) is 3.11. The fraction of sp³-hybridized carbons (Fsp3) is 0.750. The molecular weight excluding hydrogens is 154 g/mol. The molecule has 4 heteroatoms. The molecule has 0 radical (unpaired) electrons. The van der Waals surface area contributed by atoms with Gasteiger partial charge in [0.1, 0.15) is 0 Å². The third kappa shape index (κ3) is 1.82. The zero-order valence-corrected chi connectivity index (χ0v) is 7.02. The number of hydrogen-bond acceptors (Lipinski definition) is 3. The molecule has 0 aliphatic carbocycles. The van der Waals surface area contributed by atoms with E-state index in [2.05, 4.69) is 10.3 Å². The molecule has 1 fully saturated rings. The standard InChI is InChI=1S/C8H13N3O/c1-2-6-12-8(3-1)7-11-5-4-9-10-11/h4-5,8H,1-3,6-7H2. The highest BCUT2D eigenvalue weighted by Gasteiger charge is 2.13. The number of aromatic nitrogens is 3. The summed E-state index contributed by atoms with van der Waals surface area (Å²) in [6.07, 6.45) is 7.55. The van der Waals surface area contributed by atoms with Gasteiger partial charge in [0.2, 0.25) is 0 Å². The summed E-state index contributed by atoms with van der Waals surface area (Å²) < 4.78 is 7.39. The molecule has 12 heavy (non-hydrogen) atoms. The fourth-order valence-corrected chi connectivity index (χ4v) is 1.49. The summed E-state index contributed by atoms with van der Waals surface area (Å²) in [5, 5.41) is 7.64. The van der Waals surface area contributed by atoms with E-state index in [1.54, 1.807) is 6.20 Å². The smallest absolute Gasteiger partial charge is 0.0771 e. The van der Waals surface area contributed by atoms with Gasteiger partial charge in [0.15, 0.2) is 0 Å². The van der Waals surface area contributed by atoms with Crippen LogP contribution < -0.4 is 0 Å². The van der Waals surface area contributed by atoms with Gasteiger partial charge in [-0.05, 0) is 19.3 Å². The van der Waals surface area contributed by atoms with Crippen LogP contribution in [0.2, 0.25) is 0 Å². The van der Waals surface area contributed by atoms with Crippen molar-refractivity contribution in [2.45, 2.75) is 31.9 Å². The number of nitrogens with zero attached hydrogens (tertiary/aromatic N) is 3. The Bertz CT molecular complexity index is 216. The Labute approximate surface area is 71.5 Å². The van der Waals surface area contributed by atoms with Crippen molar-refractivity contribution in [3.8, 4) is 0 Å². The van der Waals surface area contributed by atoms with Gasteiger partial charge in [-0.1, -0.05) is 5.21 Å². The monoisotopic (exact) mass is 167 g/mol. The average Bonchev–Trinajstić information content (AvgIpc) is 2.59. The zero-order chi connectivity index (χ0) is 8.23. The molecule has 0 N–H and O–H groups in total. The van der Waals surface area contributed by atoms with Crippen molar-refractivity contribution >= 4 is 0 Å². The fourth-order valence-electron chi connectivity index (χ4n) is 1.49. The minimum absolute atomic E-state index is 0.348.